The highest BCUT2D eigenvalue weighted by Gasteiger charge is 2.23. The van der Waals surface area contributed by atoms with Gasteiger partial charge in [0, 0.05) is 0 Å². The van der Waals surface area contributed by atoms with E-state index < -0.39 is 11.9 Å². The summed E-state index contributed by atoms with van der Waals surface area (Å²) in [4.78, 5) is 29.2. The van der Waals surface area contributed by atoms with Crippen LogP contribution in [0.1, 0.15) is 17.0 Å². The molecule has 0 unspecified atom stereocenters. The zero-order chi connectivity index (χ0) is 17.6. The van der Waals surface area contributed by atoms with Gasteiger partial charge in [-0.2, -0.15) is 11.8 Å². The number of rotatable bonds is 7. The average Bonchev–Trinajstić information content (AvgIpc) is 3.27. The molecule has 2 aromatic heterocycles. The summed E-state index contributed by atoms with van der Waals surface area (Å²) in [6.45, 7) is 0. The second-order valence-corrected chi connectivity index (χ2v) is 7.28. The van der Waals surface area contributed by atoms with Gasteiger partial charge in [-0.05, 0) is 42.7 Å². The van der Waals surface area contributed by atoms with Crippen molar-refractivity contribution in [1.82, 2.24) is 10.3 Å². The summed E-state index contributed by atoms with van der Waals surface area (Å²) in [5.41, 5.74) is 0.836. The van der Waals surface area contributed by atoms with Crippen molar-refractivity contribution in [3.8, 4) is 0 Å². The van der Waals surface area contributed by atoms with Crippen LogP contribution in [0.2, 0.25) is 0 Å². The Kier molecular flexibility index (Phi) is 5.72. The molecule has 1 atom stereocenters. The summed E-state index contributed by atoms with van der Waals surface area (Å²) in [5, 5.41) is 6.05. The molecule has 2 heterocycles. The maximum absolute atomic E-state index is 12.6. The number of anilines is 1. The summed E-state index contributed by atoms with van der Waals surface area (Å²) in [6.07, 6.45) is 3.90. The van der Waals surface area contributed by atoms with Crippen molar-refractivity contribution >= 4 is 50.3 Å². The topological polar surface area (TPSA) is 84.2 Å². The Balaban J connectivity index is 1.70. The van der Waals surface area contributed by atoms with Crippen LogP contribution in [0.4, 0.5) is 5.13 Å². The summed E-state index contributed by atoms with van der Waals surface area (Å²) < 4.78 is 6.08. The molecule has 0 spiro atoms. The summed E-state index contributed by atoms with van der Waals surface area (Å²) in [5.74, 6) is 0.238. The van der Waals surface area contributed by atoms with Crippen LogP contribution in [-0.2, 0) is 4.79 Å². The van der Waals surface area contributed by atoms with Gasteiger partial charge in [-0.25, -0.2) is 4.98 Å². The highest BCUT2D eigenvalue weighted by molar-refractivity contribution is 7.98. The molecule has 0 radical (unpaired) electrons. The van der Waals surface area contributed by atoms with Gasteiger partial charge in [0.25, 0.3) is 5.91 Å². The molecular formula is C17H17N3O3S2. The van der Waals surface area contributed by atoms with Gasteiger partial charge in [0.2, 0.25) is 5.91 Å². The van der Waals surface area contributed by atoms with Gasteiger partial charge in [-0.1, -0.05) is 23.5 Å². The monoisotopic (exact) mass is 375 g/mol. The van der Waals surface area contributed by atoms with Gasteiger partial charge in [0.05, 0.1) is 16.5 Å². The maximum atomic E-state index is 12.6. The number of thiazole rings is 1. The Hall–Kier alpha value is -2.32. The van der Waals surface area contributed by atoms with E-state index in [0.717, 1.165) is 16.0 Å². The van der Waals surface area contributed by atoms with E-state index in [2.05, 4.69) is 15.6 Å². The van der Waals surface area contributed by atoms with Crippen molar-refractivity contribution in [1.29, 1.82) is 0 Å². The van der Waals surface area contributed by atoms with E-state index in [0.29, 0.717) is 11.6 Å². The molecule has 2 N–H and O–H groups in total. The predicted octanol–water partition coefficient (Wildman–Crippen LogP) is 3.38. The summed E-state index contributed by atoms with van der Waals surface area (Å²) >= 11 is 3.02. The molecule has 0 aliphatic rings. The quantitative estimate of drug-likeness (QED) is 0.661. The molecule has 1 aromatic carbocycles. The van der Waals surface area contributed by atoms with Gasteiger partial charge in [0.15, 0.2) is 10.9 Å². The van der Waals surface area contributed by atoms with E-state index in [9.17, 15) is 9.59 Å². The number of para-hydroxylation sites is 1. The van der Waals surface area contributed by atoms with Gasteiger partial charge >= 0.3 is 0 Å². The molecule has 0 aliphatic heterocycles. The molecule has 3 rings (SSSR count). The molecular weight excluding hydrogens is 358 g/mol. The van der Waals surface area contributed by atoms with Crippen LogP contribution in [0.3, 0.4) is 0 Å². The Bertz CT molecular complexity index is 828. The molecule has 3 aromatic rings. The molecule has 6 nitrogen and oxygen atoms in total. The van der Waals surface area contributed by atoms with Crippen molar-refractivity contribution < 1.29 is 14.0 Å². The molecule has 2 amide bonds. The first-order valence-corrected chi connectivity index (χ1v) is 9.88. The van der Waals surface area contributed by atoms with E-state index in [1.165, 1.54) is 17.6 Å². The number of benzene rings is 1. The number of carbonyl (C=O) groups is 2. The molecule has 0 aliphatic carbocycles. The molecule has 0 bridgehead atoms. The van der Waals surface area contributed by atoms with E-state index >= 15 is 0 Å². The fourth-order valence-corrected chi connectivity index (χ4v) is 3.60. The Morgan fingerprint density at radius 1 is 1.28 bits per heavy atom. The van der Waals surface area contributed by atoms with E-state index in [1.807, 2.05) is 30.5 Å². The summed E-state index contributed by atoms with van der Waals surface area (Å²) in [6, 6.07) is 10.2. The normalized spacial score (nSPS) is 12.0. The van der Waals surface area contributed by atoms with Gasteiger partial charge in [-0.3, -0.25) is 9.59 Å². The number of nitrogens with zero attached hydrogens (tertiary/aromatic N) is 1. The predicted molar refractivity (Wildman–Crippen MR) is 101 cm³/mol. The number of thioether (sulfide) groups is 1. The van der Waals surface area contributed by atoms with Crippen molar-refractivity contribution in [3.63, 3.8) is 0 Å². The number of nitrogens with one attached hydrogen (secondary N) is 2. The minimum atomic E-state index is -0.655. The zero-order valence-corrected chi connectivity index (χ0v) is 15.2. The first-order chi connectivity index (χ1) is 12.2. The van der Waals surface area contributed by atoms with Crippen LogP contribution in [-0.4, -0.2) is 34.8 Å². The number of hydrogen-bond acceptors (Lipinski definition) is 6. The lowest BCUT2D eigenvalue weighted by atomic mass is 10.2. The third kappa shape index (κ3) is 4.40. The number of aromatic nitrogens is 1. The molecule has 0 fully saturated rings. The average molecular weight is 375 g/mol. The van der Waals surface area contributed by atoms with Crippen molar-refractivity contribution in [3.05, 3.63) is 48.4 Å². The Morgan fingerprint density at radius 2 is 2.12 bits per heavy atom. The molecule has 0 saturated heterocycles. The molecule has 25 heavy (non-hydrogen) atoms. The molecule has 8 heteroatoms. The minimum Gasteiger partial charge on any atom is -0.459 e. The summed E-state index contributed by atoms with van der Waals surface area (Å²) in [7, 11) is 0. The Labute approximate surface area is 153 Å². The van der Waals surface area contributed by atoms with Gasteiger partial charge in [0.1, 0.15) is 6.04 Å². The zero-order valence-electron chi connectivity index (χ0n) is 13.5. The smallest absolute Gasteiger partial charge is 0.287 e. The highest BCUT2D eigenvalue weighted by atomic mass is 32.2. The number of fused-ring (bicyclic) bond motifs is 1. The van der Waals surface area contributed by atoms with Crippen molar-refractivity contribution in [2.75, 3.05) is 17.3 Å². The lowest BCUT2D eigenvalue weighted by Gasteiger charge is -2.16. The maximum Gasteiger partial charge on any atom is 0.287 e. The fraction of sp³-hybridized carbons (Fsp3) is 0.235. The van der Waals surface area contributed by atoms with Crippen LogP contribution in [0.5, 0.6) is 0 Å². The van der Waals surface area contributed by atoms with Gasteiger partial charge in [-0.15, -0.1) is 0 Å². The van der Waals surface area contributed by atoms with Gasteiger partial charge < -0.3 is 15.1 Å². The van der Waals surface area contributed by atoms with Crippen LogP contribution < -0.4 is 10.6 Å². The Morgan fingerprint density at radius 3 is 2.84 bits per heavy atom. The number of carbonyl (C=O) groups excluding carboxylic acids is 2. The third-order valence-corrected chi connectivity index (χ3v) is 5.10. The van der Waals surface area contributed by atoms with Crippen LogP contribution in [0.15, 0.2) is 47.1 Å². The largest absolute Gasteiger partial charge is 0.459 e. The lowest BCUT2D eigenvalue weighted by molar-refractivity contribution is -0.118. The van der Waals surface area contributed by atoms with E-state index in [4.69, 9.17) is 4.42 Å². The molecule has 0 saturated carbocycles. The first kappa shape index (κ1) is 17.5. The van der Waals surface area contributed by atoms with Crippen molar-refractivity contribution in [2.24, 2.45) is 0 Å². The van der Waals surface area contributed by atoms with Crippen LogP contribution in [0.25, 0.3) is 10.2 Å². The number of furan rings is 1. The third-order valence-electron chi connectivity index (χ3n) is 3.50. The van der Waals surface area contributed by atoms with E-state index in [1.54, 1.807) is 23.9 Å². The first-order valence-electron chi connectivity index (χ1n) is 7.67. The fourth-order valence-electron chi connectivity index (χ4n) is 2.26. The minimum absolute atomic E-state index is 0.182. The lowest BCUT2D eigenvalue weighted by Crippen LogP contribution is -2.44. The second kappa shape index (κ2) is 8.17. The molecule has 130 valence electrons. The highest BCUT2D eigenvalue weighted by Crippen LogP contribution is 2.25. The van der Waals surface area contributed by atoms with Crippen LogP contribution in [0, 0.1) is 0 Å². The SMILES string of the molecule is CSCC[C@H](NC(=O)c1ccco1)C(=O)Nc1nc2ccccc2s1. The number of amides is 2. The second-order valence-electron chi connectivity index (χ2n) is 5.26. The standard InChI is InChI=1S/C17H17N3O3S2/c1-24-10-8-12(18-16(22)13-6-4-9-23-13)15(21)20-17-19-11-5-2-3-7-14(11)25-17/h2-7,9,12H,8,10H2,1H3,(H,18,22)(H,19,20,21)/t12-/m0/s1. The number of hydrogen-bond donors (Lipinski definition) is 2. The van der Waals surface area contributed by atoms with Crippen molar-refractivity contribution in [2.45, 2.75) is 12.5 Å². The van der Waals surface area contributed by atoms with Crippen LogP contribution >= 0.6 is 23.1 Å². The van der Waals surface area contributed by atoms with E-state index in [-0.39, 0.29) is 11.7 Å².